The maximum absolute atomic E-state index is 13.7. The Balaban J connectivity index is 1.66. The molecule has 2 aromatic heterocycles. The van der Waals surface area contributed by atoms with Crippen molar-refractivity contribution >= 4 is 101 Å². The number of aromatic nitrogens is 4. The van der Waals surface area contributed by atoms with E-state index in [1.165, 1.54) is 18.3 Å². The number of hydrogen-bond donors (Lipinski definition) is 17. The number of carbonyl (C=O) groups excluding carboxylic acids is 6. The van der Waals surface area contributed by atoms with Crippen molar-refractivity contribution in [2.75, 3.05) is 23.3 Å². The molecule has 3 aromatic rings. The molecule has 1 aromatic carbocycles. The Labute approximate surface area is 413 Å². The summed E-state index contributed by atoms with van der Waals surface area (Å²) in [6.45, 7) is 1.71. The molecule has 2 heterocycles. The predicted octanol–water partition coefficient (Wildman–Crippen LogP) is -3.68. The fourth-order valence-electron chi connectivity index (χ4n) is 6.36. The molecule has 390 valence electrons. The highest BCUT2D eigenvalue weighted by molar-refractivity contribution is 7.80. The van der Waals surface area contributed by atoms with Crippen LogP contribution in [0.3, 0.4) is 0 Å². The molecule has 0 aliphatic heterocycles. The fourth-order valence-corrected chi connectivity index (χ4v) is 6.61. The molecule has 72 heavy (non-hydrogen) atoms. The zero-order valence-electron chi connectivity index (χ0n) is 38.4. The van der Waals surface area contributed by atoms with Crippen LogP contribution in [0.15, 0.2) is 35.3 Å². The lowest BCUT2D eigenvalue weighted by molar-refractivity contribution is -0.143. The number of H-pyrrole nitrogens is 1. The number of rotatable bonds is 30. The van der Waals surface area contributed by atoms with Gasteiger partial charge in [0.25, 0.3) is 11.5 Å². The number of carboxylic acids is 4. The second-order valence-electron chi connectivity index (χ2n) is 15.8. The van der Waals surface area contributed by atoms with E-state index in [0.29, 0.717) is 11.4 Å². The Morgan fingerprint density at radius 2 is 1.28 bits per heavy atom. The molecule has 30 nitrogen and oxygen atoms in total. The van der Waals surface area contributed by atoms with Gasteiger partial charge in [-0.3, -0.25) is 58.3 Å². The number of nitrogens with one attached hydrogen (secondary N) is 10. The number of benzene rings is 1. The third kappa shape index (κ3) is 19.8. The van der Waals surface area contributed by atoms with Crippen LogP contribution in [-0.4, -0.2) is 154 Å². The van der Waals surface area contributed by atoms with Gasteiger partial charge in [-0.2, -0.15) is 17.6 Å². The number of aliphatic carboxylic acids is 4. The van der Waals surface area contributed by atoms with Crippen LogP contribution < -0.4 is 59.6 Å². The fraction of sp³-hybridized carbons (Fsp3) is 0.439. The van der Waals surface area contributed by atoms with Crippen molar-refractivity contribution in [2.24, 2.45) is 5.73 Å². The van der Waals surface area contributed by atoms with Gasteiger partial charge in [-0.25, -0.2) is 14.8 Å². The van der Waals surface area contributed by atoms with Crippen LogP contribution in [0.25, 0.3) is 11.2 Å². The van der Waals surface area contributed by atoms with Crippen molar-refractivity contribution in [3.63, 3.8) is 0 Å². The average Bonchev–Trinajstić information content (AvgIpc) is 3.30. The third-order valence-electron chi connectivity index (χ3n) is 10.0. The van der Waals surface area contributed by atoms with Crippen LogP contribution in [-0.2, 0) is 49.7 Å². The summed E-state index contributed by atoms with van der Waals surface area (Å²) in [6.07, 6.45) is -2.68. The topological polar surface area (TPSA) is 495 Å². The number of carbonyl (C=O) groups is 10. The number of fused-ring (bicyclic) bond motifs is 1. The smallest absolute Gasteiger partial charge is 0.327 e. The third-order valence-corrected chi connectivity index (χ3v) is 10.4. The predicted molar refractivity (Wildman–Crippen MR) is 254 cm³/mol. The number of amides is 6. The van der Waals surface area contributed by atoms with Gasteiger partial charge >= 0.3 is 23.9 Å². The van der Waals surface area contributed by atoms with Crippen molar-refractivity contribution in [3.8, 4) is 0 Å². The largest absolute Gasteiger partial charge is 0.481 e. The molecule has 3 rings (SSSR count). The first-order valence-corrected chi connectivity index (χ1v) is 22.3. The second kappa shape index (κ2) is 28.1. The lowest BCUT2D eigenvalue weighted by Gasteiger charge is -2.26. The van der Waals surface area contributed by atoms with Crippen molar-refractivity contribution in [1.82, 2.24) is 57.2 Å². The molecule has 0 aliphatic rings. The number of aromatic amines is 1. The number of hydrogen-bond acceptors (Lipinski definition) is 18. The van der Waals surface area contributed by atoms with Crippen molar-refractivity contribution in [3.05, 3.63) is 52.1 Å². The van der Waals surface area contributed by atoms with Crippen LogP contribution in [0.5, 0.6) is 0 Å². The molecule has 0 aliphatic carbocycles. The summed E-state index contributed by atoms with van der Waals surface area (Å²) < 4.78 is 0. The van der Waals surface area contributed by atoms with E-state index in [1.54, 1.807) is 19.1 Å². The van der Waals surface area contributed by atoms with Gasteiger partial charge in [0.2, 0.25) is 35.5 Å². The minimum Gasteiger partial charge on any atom is -0.481 e. The number of nitrogen functional groups attached to an aromatic ring is 1. The monoisotopic (exact) mass is 1030 g/mol. The molecule has 0 saturated carbocycles. The van der Waals surface area contributed by atoms with E-state index in [0.717, 1.165) is 0 Å². The number of thiol groups is 1. The van der Waals surface area contributed by atoms with Crippen LogP contribution in [0.2, 0.25) is 0 Å². The SMILES string of the molecule is C[C@H](CCC(=O)N[C@H](CC(=O)O)C(=O)N[C@@H](CCCNC(=N)N)C(=O)N[C@@H](CC(=O)O)C(=O)N[C@@H](CCC(=O)O)C(=O)N[C@@H](CS)C(=O)O)NC(=O)c1ccc(NCc2cnc3nc(N)[nH]c(=O)c3n2)cc1. The van der Waals surface area contributed by atoms with Gasteiger partial charge in [0.15, 0.2) is 17.1 Å². The Kier molecular flexibility index (Phi) is 22.5. The molecule has 6 atom stereocenters. The zero-order valence-corrected chi connectivity index (χ0v) is 39.2. The van der Waals surface area contributed by atoms with Gasteiger partial charge in [-0.1, -0.05) is 0 Å². The van der Waals surface area contributed by atoms with Gasteiger partial charge in [-0.05, 0) is 56.9 Å². The highest BCUT2D eigenvalue weighted by Crippen LogP contribution is 2.13. The number of nitrogens with two attached hydrogens (primary N) is 2. The number of guanidine groups is 1. The lowest BCUT2D eigenvalue weighted by atomic mass is 10.1. The first-order chi connectivity index (χ1) is 33.9. The number of nitrogens with zero attached hydrogens (tertiary/aromatic N) is 3. The van der Waals surface area contributed by atoms with Gasteiger partial charge in [0, 0.05) is 42.4 Å². The van der Waals surface area contributed by atoms with Crippen molar-refractivity contribution in [1.29, 1.82) is 5.41 Å². The van der Waals surface area contributed by atoms with Crippen LogP contribution in [0.4, 0.5) is 11.6 Å². The van der Waals surface area contributed by atoms with Gasteiger partial charge in [0.05, 0.1) is 31.3 Å². The van der Waals surface area contributed by atoms with E-state index < -0.39 is 139 Å². The van der Waals surface area contributed by atoms with E-state index in [-0.39, 0.29) is 61.4 Å². The van der Waals surface area contributed by atoms with Crippen LogP contribution in [0, 0.1) is 5.41 Å². The molecule has 0 fully saturated rings. The van der Waals surface area contributed by atoms with E-state index in [1.807, 2.05) is 0 Å². The molecule has 6 amide bonds. The highest BCUT2D eigenvalue weighted by Gasteiger charge is 2.34. The van der Waals surface area contributed by atoms with Gasteiger partial charge in [-0.15, -0.1) is 0 Å². The molecular formula is C41H55N15O15S. The molecule has 0 bridgehead atoms. The molecular weight excluding hydrogens is 975 g/mol. The Morgan fingerprint density at radius 1 is 0.722 bits per heavy atom. The summed E-state index contributed by atoms with van der Waals surface area (Å²) in [5, 5.41) is 64.2. The van der Waals surface area contributed by atoms with Crippen molar-refractivity contribution < 1.29 is 68.4 Å². The molecule has 0 saturated heterocycles. The Bertz CT molecular complexity index is 2570. The highest BCUT2D eigenvalue weighted by atomic mass is 32.1. The summed E-state index contributed by atoms with van der Waals surface area (Å²) >= 11 is 3.83. The zero-order chi connectivity index (χ0) is 53.7. The molecule has 0 unspecified atom stereocenters. The molecule has 0 radical (unpaired) electrons. The van der Waals surface area contributed by atoms with E-state index in [4.69, 9.17) is 16.9 Å². The van der Waals surface area contributed by atoms with E-state index in [9.17, 15) is 73.2 Å². The minimum atomic E-state index is -2.00. The summed E-state index contributed by atoms with van der Waals surface area (Å²) in [7, 11) is 0. The van der Waals surface area contributed by atoms with Crippen LogP contribution >= 0.6 is 12.6 Å². The summed E-state index contributed by atoms with van der Waals surface area (Å²) in [6, 6.07) is -3.15. The molecule has 31 heteroatoms. The second-order valence-corrected chi connectivity index (χ2v) is 16.2. The summed E-state index contributed by atoms with van der Waals surface area (Å²) in [5.41, 5.74) is 11.7. The lowest BCUT2D eigenvalue weighted by Crippen LogP contribution is -2.59. The van der Waals surface area contributed by atoms with Crippen LogP contribution in [0.1, 0.15) is 74.3 Å². The standard InChI is InChI=1S/C41H55N15O15S/c1-18(48-33(64)19-5-7-20(8-6-19)46-15-21-16-47-32-31(49-21)38(69)56-41(44)55-32)4-10-27(57)50-24(13-29(60)61)36(67)51-22(3-2-12-45-40(42)43)34(65)53-25(14-30(62)63)37(68)52-23(9-11-28(58)59)35(66)54-26(17-72)39(70)71/h5-8,16,18,22-26,46,72H,2-4,9-15,17H2,1H3,(H,48,64)(H,50,57)(H,51,67)(H,52,68)(H,53,65)(H,54,66)(H,58,59)(H,60,61)(H,62,63)(H,70,71)(H4,42,43,45)(H3,44,47,55,56,69)/t18-,22+,23+,24-,25+,26+/m1/s1. The quantitative estimate of drug-likeness (QED) is 0.0132. The average molecular weight is 1030 g/mol. The van der Waals surface area contributed by atoms with E-state index in [2.05, 4.69) is 75.1 Å². The Morgan fingerprint density at radius 3 is 1.83 bits per heavy atom. The first-order valence-electron chi connectivity index (χ1n) is 21.7. The Hall–Kier alpha value is -8.64. The number of anilines is 2. The molecule has 0 spiro atoms. The van der Waals surface area contributed by atoms with Gasteiger partial charge in [0.1, 0.15) is 30.2 Å². The number of carboxylic acid groups (broad SMARTS) is 4. The molecule has 18 N–H and O–H groups in total. The van der Waals surface area contributed by atoms with E-state index >= 15 is 0 Å². The summed E-state index contributed by atoms with van der Waals surface area (Å²) in [5.74, 6) is -13.3. The maximum Gasteiger partial charge on any atom is 0.327 e. The first kappa shape index (κ1) is 57.7. The van der Waals surface area contributed by atoms with Crippen molar-refractivity contribution in [2.45, 2.75) is 101 Å². The normalized spacial score (nSPS) is 13.3. The summed E-state index contributed by atoms with van der Waals surface area (Å²) in [4.78, 5) is 153. The van der Waals surface area contributed by atoms with Gasteiger partial charge < -0.3 is 74.4 Å². The maximum atomic E-state index is 13.7. The minimum absolute atomic E-state index is 0.00558.